The Balaban J connectivity index is 2.99. The zero-order valence-electron chi connectivity index (χ0n) is 8.50. The zero-order valence-corrected chi connectivity index (χ0v) is 8.50. The van der Waals surface area contributed by atoms with Crippen LogP contribution >= 0.6 is 0 Å². The molecule has 1 rings (SSSR count). The molecule has 1 nitrogen and oxygen atoms in total. The van der Waals surface area contributed by atoms with Crippen molar-refractivity contribution in [2.45, 2.75) is 20.3 Å². The van der Waals surface area contributed by atoms with E-state index in [1.54, 1.807) is 7.11 Å². The van der Waals surface area contributed by atoms with Crippen LogP contribution in [-0.2, 0) is 0 Å². The molecule has 1 aromatic carbocycles. The predicted octanol–water partition coefficient (Wildman–Crippen LogP) is 3.51. The summed E-state index contributed by atoms with van der Waals surface area (Å²) in [5, 5.41) is 0. The summed E-state index contributed by atoms with van der Waals surface area (Å²) in [5.41, 5.74) is 2.52. The lowest BCUT2D eigenvalue weighted by Gasteiger charge is -2.04. The van der Waals surface area contributed by atoms with Crippen molar-refractivity contribution in [3.8, 4) is 5.75 Å². The Bertz CT molecular complexity index is 300. The molecule has 0 amide bonds. The van der Waals surface area contributed by atoms with Gasteiger partial charge in [0.05, 0.1) is 7.11 Å². The Hall–Kier alpha value is -1.24. The summed E-state index contributed by atoms with van der Waals surface area (Å²) in [5.74, 6) is 0.940. The van der Waals surface area contributed by atoms with Crippen molar-refractivity contribution in [1.29, 1.82) is 0 Å². The SMILES string of the molecule is CC/C(C)=C/c1ccccc1OC. The Morgan fingerprint density at radius 3 is 2.69 bits per heavy atom. The molecule has 0 aliphatic rings. The van der Waals surface area contributed by atoms with Crippen molar-refractivity contribution in [2.24, 2.45) is 0 Å². The molecule has 0 saturated carbocycles. The first-order valence-corrected chi connectivity index (χ1v) is 4.58. The van der Waals surface area contributed by atoms with Crippen LogP contribution in [0.3, 0.4) is 0 Å². The summed E-state index contributed by atoms with van der Waals surface area (Å²) in [7, 11) is 1.70. The van der Waals surface area contributed by atoms with Gasteiger partial charge in [0.15, 0.2) is 0 Å². The molecule has 0 aromatic heterocycles. The first-order valence-electron chi connectivity index (χ1n) is 4.58. The van der Waals surface area contributed by atoms with Crippen LogP contribution in [0, 0.1) is 0 Å². The van der Waals surface area contributed by atoms with Gasteiger partial charge in [-0.1, -0.05) is 36.8 Å². The summed E-state index contributed by atoms with van der Waals surface area (Å²) in [6, 6.07) is 8.06. The minimum Gasteiger partial charge on any atom is -0.496 e. The molecule has 0 heterocycles. The zero-order chi connectivity index (χ0) is 9.68. The van der Waals surface area contributed by atoms with Gasteiger partial charge in [-0.2, -0.15) is 0 Å². The van der Waals surface area contributed by atoms with Gasteiger partial charge in [0.25, 0.3) is 0 Å². The minimum atomic E-state index is 0.940. The van der Waals surface area contributed by atoms with Crippen LogP contribution in [0.15, 0.2) is 29.8 Å². The molecule has 0 N–H and O–H groups in total. The van der Waals surface area contributed by atoms with E-state index >= 15 is 0 Å². The summed E-state index contributed by atoms with van der Waals surface area (Å²) >= 11 is 0. The Morgan fingerprint density at radius 2 is 2.08 bits per heavy atom. The molecule has 0 fully saturated rings. The minimum absolute atomic E-state index is 0.940. The Kier molecular flexibility index (Phi) is 3.56. The van der Waals surface area contributed by atoms with Gasteiger partial charge in [0.1, 0.15) is 5.75 Å². The fourth-order valence-corrected chi connectivity index (χ4v) is 1.15. The van der Waals surface area contributed by atoms with E-state index < -0.39 is 0 Å². The second-order valence-corrected chi connectivity index (χ2v) is 3.09. The number of hydrogen-bond donors (Lipinski definition) is 0. The molecule has 1 aromatic rings. The topological polar surface area (TPSA) is 9.23 Å². The molecule has 0 radical (unpaired) electrons. The molecule has 70 valence electrons. The lowest BCUT2D eigenvalue weighted by molar-refractivity contribution is 0.414. The Labute approximate surface area is 80.0 Å². The van der Waals surface area contributed by atoms with E-state index in [9.17, 15) is 0 Å². The second kappa shape index (κ2) is 4.70. The van der Waals surface area contributed by atoms with Gasteiger partial charge in [0.2, 0.25) is 0 Å². The van der Waals surface area contributed by atoms with E-state index in [0.717, 1.165) is 17.7 Å². The van der Waals surface area contributed by atoms with Crippen molar-refractivity contribution in [1.82, 2.24) is 0 Å². The third kappa shape index (κ3) is 2.62. The smallest absolute Gasteiger partial charge is 0.126 e. The maximum absolute atomic E-state index is 5.25. The van der Waals surface area contributed by atoms with Crippen molar-refractivity contribution >= 4 is 6.08 Å². The van der Waals surface area contributed by atoms with Crippen LogP contribution in [0.1, 0.15) is 25.8 Å². The lowest BCUT2D eigenvalue weighted by atomic mass is 10.1. The molecule has 0 atom stereocenters. The molecule has 0 aliphatic carbocycles. The lowest BCUT2D eigenvalue weighted by Crippen LogP contribution is -1.86. The van der Waals surface area contributed by atoms with Crippen LogP contribution in [-0.4, -0.2) is 7.11 Å². The van der Waals surface area contributed by atoms with E-state index in [0.29, 0.717) is 0 Å². The van der Waals surface area contributed by atoms with Crippen molar-refractivity contribution < 1.29 is 4.74 Å². The van der Waals surface area contributed by atoms with Crippen LogP contribution in [0.2, 0.25) is 0 Å². The van der Waals surface area contributed by atoms with E-state index in [1.807, 2.05) is 18.2 Å². The maximum Gasteiger partial charge on any atom is 0.126 e. The number of methoxy groups -OCH3 is 1. The highest BCUT2D eigenvalue weighted by molar-refractivity contribution is 5.59. The van der Waals surface area contributed by atoms with Crippen molar-refractivity contribution in [3.63, 3.8) is 0 Å². The highest BCUT2D eigenvalue weighted by Gasteiger charge is 1.97. The highest BCUT2D eigenvalue weighted by atomic mass is 16.5. The summed E-state index contributed by atoms with van der Waals surface area (Å²) in [4.78, 5) is 0. The third-order valence-corrected chi connectivity index (χ3v) is 2.10. The first kappa shape index (κ1) is 9.85. The molecule has 0 aliphatic heterocycles. The van der Waals surface area contributed by atoms with Crippen LogP contribution in [0.4, 0.5) is 0 Å². The second-order valence-electron chi connectivity index (χ2n) is 3.09. The van der Waals surface area contributed by atoms with Crippen LogP contribution < -0.4 is 4.74 Å². The molecule has 0 bridgehead atoms. The van der Waals surface area contributed by atoms with Gasteiger partial charge in [-0.25, -0.2) is 0 Å². The fraction of sp³-hybridized carbons (Fsp3) is 0.333. The van der Waals surface area contributed by atoms with E-state index in [4.69, 9.17) is 4.74 Å². The van der Waals surface area contributed by atoms with Crippen molar-refractivity contribution in [3.05, 3.63) is 35.4 Å². The molecule has 13 heavy (non-hydrogen) atoms. The number of ether oxygens (including phenoxy) is 1. The Morgan fingerprint density at radius 1 is 1.38 bits per heavy atom. The number of rotatable bonds is 3. The van der Waals surface area contributed by atoms with Gasteiger partial charge in [0, 0.05) is 5.56 Å². The predicted molar refractivity (Wildman–Crippen MR) is 56.9 cm³/mol. The molecule has 0 spiro atoms. The monoisotopic (exact) mass is 176 g/mol. The largest absolute Gasteiger partial charge is 0.496 e. The molecular formula is C12H16O. The quantitative estimate of drug-likeness (QED) is 0.684. The van der Waals surface area contributed by atoms with E-state index in [1.165, 1.54) is 5.57 Å². The molecule has 1 heteroatoms. The standard InChI is InChI=1S/C12H16O/c1-4-10(2)9-11-7-5-6-8-12(11)13-3/h5-9H,4H2,1-3H3/b10-9+. The number of hydrogen-bond acceptors (Lipinski definition) is 1. The first-order chi connectivity index (χ1) is 6.27. The highest BCUT2D eigenvalue weighted by Crippen LogP contribution is 2.20. The van der Waals surface area contributed by atoms with E-state index in [-0.39, 0.29) is 0 Å². The van der Waals surface area contributed by atoms with Crippen molar-refractivity contribution in [2.75, 3.05) is 7.11 Å². The molecule has 0 saturated heterocycles. The van der Waals surface area contributed by atoms with Gasteiger partial charge in [-0.15, -0.1) is 0 Å². The third-order valence-electron chi connectivity index (χ3n) is 2.10. The normalized spacial score (nSPS) is 11.5. The van der Waals surface area contributed by atoms with Gasteiger partial charge >= 0.3 is 0 Å². The summed E-state index contributed by atoms with van der Waals surface area (Å²) < 4.78 is 5.25. The maximum atomic E-state index is 5.25. The van der Waals surface area contributed by atoms with Crippen LogP contribution in [0.25, 0.3) is 6.08 Å². The van der Waals surface area contributed by atoms with Crippen LogP contribution in [0.5, 0.6) is 5.75 Å². The number of allylic oxidation sites excluding steroid dienone is 1. The molecular weight excluding hydrogens is 160 g/mol. The number of para-hydroxylation sites is 1. The van der Waals surface area contributed by atoms with Gasteiger partial charge in [-0.3, -0.25) is 0 Å². The average molecular weight is 176 g/mol. The fourth-order valence-electron chi connectivity index (χ4n) is 1.15. The molecule has 0 unspecified atom stereocenters. The summed E-state index contributed by atoms with van der Waals surface area (Å²) in [6.07, 6.45) is 3.25. The average Bonchev–Trinajstić information content (AvgIpc) is 2.18. The van der Waals surface area contributed by atoms with Gasteiger partial charge in [-0.05, 0) is 19.4 Å². The summed E-state index contributed by atoms with van der Waals surface area (Å²) in [6.45, 7) is 4.29. The van der Waals surface area contributed by atoms with E-state index in [2.05, 4.69) is 26.0 Å². The van der Waals surface area contributed by atoms with Gasteiger partial charge < -0.3 is 4.74 Å². The number of benzene rings is 1.